The fourth-order valence-electron chi connectivity index (χ4n) is 2.60. The summed E-state index contributed by atoms with van der Waals surface area (Å²) in [4.78, 5) is 25.0. The molecule has 24 heavy (non-hydrogen) atoms. The van der Waals surface area contributed by atoms with Crippen LogP contribution >= 0.6 is 0 Å². The number of likely N-dealkylation sites (tertiary alicyclic amines) is 1. The number of nitrogens with two attached hydrogens (primary N) is 1. The number of piperidine rings is 1. The van der Waals surface area contributed by atoms with Crippen LogP contribution in [0.25, 0.3) is 0 Å². The molecular weight excluding hydrogens is 313 g/mol. The van der Waals surface area contributed by atoms with Gasteiger partial charge in [-0.1, -0.05) is 0 Å². The minimum atomic E-state index is -0.614. The average molecular weight is 337 g/mol. The first-order chi connectivity index (χ1) is 11.2. The van der Waals surface area contributed by atoms with E-state index in [0.29, 0.717) is 13.1 Å². The number of primary amides is 1. The molecule has 1 saturated heterocycles. The monoisotopic (exact) mass is 337 g/mol. The molecule has 1 aliphatic heterocycles. The summed E-state index contributed by atoms with van der Waals surface area (Å²) >= 11 is 0. The summed E-state index contributed by atoms with van der Waals surface area (Å²) in [5.41, 5.74) is 5.12. The Hall–Kier alpha value is -2.31. The third kappa shape index (κ3) is 4.84. The Morgan fingerprint density at radius 2 is 2.08 bits per heavy atom. The predicted octanol–water partition coefficient (Wildman–Crippen LogP) is 2.74. The Kier molecular flexibility index (Phi) is 5.31. The minimum Gasteiger partial charge on any atom is -0.444 e. The number of anilines is 1. The van der Waals surface area contributed by atoms with Gasteiger partial charge in [-0.05, 0) is 51.8 Å². The third-order valence-corrected chi connectivity index (χ3v) is 3.68. The zero-order chi connectivity index (χ0) is 17.9. The van der Waals surface area contributed by atoms with Crippen LogP contribution in [0.1, 0.15) is 44.0 Å². The van der Waals surface area contributed by atoms with Gasteiger partial charge in [0.05, 0.1) is 5.69 Å². The maximum Gasteiger partial charge on any atom is 0.410 e. The molecule has 7 heteroatoms. The zero-order valence-corrected chi connectivity index (χ0v) is 14.3. The van der Waals surface area contributed by atoms with Crippen LogP contribution in [0.15, 0.2) is 18.2 Å². The number of hydrogen-bond donors (Lipinski definition) is 2. The lowest BCUT2D eigenvalue weighted by Crippen LogP contribution is -2.47. The van der Waals surface area contributed by atoms with E-state index < -0.39 is 17.3 Å². The number of hydrogen-bond acceptors (Lipinski definition) is 4. The van der Waals surface area contributed by atoms with E-state index >= 15 is 0 Å². The first-order valence-electron chi connectivity index (χ1n) is 7.99. The molecule has 1 unspecified atom stereocenters. The number of halogens is 1. The van der Waals surface area contributed by atoms with Crippen LogP contribution in [-0.4, -0.2) is 41.6 Å². The van der Waals surface area contributed by atoms with E-state index in [1.54, 1.807) is 4.90 Å². The minimum absolute atomic E-state index is 0.121. The molecule has 6 nitrogen and oxygen atoms in total. The van der Waals surface area contributed by atoms with Crippen molar-refractivity contribution in [2.75, 3.05) is 18.4 Å². The van der Waals surface area contributed by atoms with Gasteiger partial charge in [0, 0.05) is 24.7 Å². The molecule has 0 radical (unpaired) electrons. The van der Waals surface area contributed by atoms with Gasteiger partial charge in [0.1, 0.15) is 11.4 Å². The maximum absolute atomic E-state index is 13.9. The molecule has 0 saturated carbocycles. The predicted molar refractivity (Wildman–Crippen MR) is 89.4 cm³/mol. The standard InChI is InChI=1S/C17H24FN3O3/c1-17(2,3)24-16(23)21-8-4-5-12(10-21)20-14-9-11(15(19)22)6-7-13(14)18/h6-7,9,12,20H,4-5,8,10H2,1-3H3,(H2,19,22). The Labute approximate surface area is 141 Å². The van der Waals surface area contributed by atoms with E-state index in [1.165, 1.54) is 18.2 Å². The van der Waals surface area contributed by atoms with Gasteiger partial charge in [0.2, 0.25) is 5.91 Å². The molecule has 0 aliphatic carbocycles. The lowest BCUT2D eigenvalue weighted by Gasteiger charge is -2.34. The molecule has 132 valence electrons. The lowest BCUT2D eigenvalue weighted by molar-refractivity contribution is 0.0206. The van der Waals surface area contributed by atoms with Crippen molar-refractivity contribution < 1.29 is 18.7 Å². The van der Waals surface area contributed by atoms with Crippen LogP contribution in [0, 0.1) is 5.82 Å². The van der Waals surface area contributed by atoms with Gasteiger partial charge in [-0.15, -0.1) is 0 Å². The van der Waals surface area contributed by atoms with Gasteiger partial charge >= 0.3 is 6.09 Å². The average Bonchev–Trinajstić information content (AvgIpc) is 2.48. The fourth-order valence-corrected chi connectivity index (χ4v) is 2.60. The van der Waals surface area contributed by atoms with Crippen molar-refractivity contribution in [1.82, 2.24) is 4.90 Å². The fraction of sp³-hybridized carbons (Fsp3) is 0.529. The Balaban J connectivity index is 2.04. The summed E-state index contributed by atoms with van der Waals surface area (Å²) in [6, 6.07) is 3.82. The summed E-state index contributed by atoms with van der Waals surface area (Å²) in [6.07, 6.45) is 1.20. The molecule has 1 aromatic carbocycles. The highest BCUT2D eigenvalue weighted by atomic mass is 19.1. The molecular formula is C17H24FN3O3. The Bertz CT molecular complexity index is 628. The number of nitrogens with one attached hydrogen (secondary N) is 1. The number of rotatable bonds is 3. The number of ether oxygens (including phenoxy) is 1. The molecule has 0 aromatic heterocycles. The molecule has 1 aliphatic rings. The first-order valence-corrected chi connectivity index (χ1v) is 7.99. The molecule has 0 bridgehead atoms. The molecule has 1 atom stereocenters. The molecule has 2 amide bonds. The highest BCUT2D eigenvalue weighted by Gasteiger charge is 2.28. The van der Waals surface area contributed by atoms with Gasteiger partial charge in [0.15, 0.2) is 0 Å². The van der Waals surface area contributed by atoms with Crippen LogP contribution in [0.2, 0.25) is 0 Å². The quantitative estimate of drug-likeness (QED) is 0.888. The van der Waals surface area contributed by atoms with Crippen molar-refractivity contribution in [3.8, 4) is 0 Å². The smallest absolute Gasteiger partial charge is 0.410 e. The number of amides is 2. The number of carbonyl (C=O) groups is 2. The van der Waals surface area contributed by atoms with Crippen LogP contribution in [-0.2, 0) is 4.74 Å². The second kappa shape index (κ2) is 7.07. The van der Waals surface area contributed by atoms with E-state index in [1.807, 2.05) is 20.8 Å². The van der Waals surface area contributed by atoms with E-state index in [2.05, 4.69) is 5.32 Å². The van der Waals surface area contributed by atoms with E-state index in [-0.39, 0.29) is 23.4 Å². The number of benzene rings is 1. The van der Waals surface area contributed by atoms with Crippen molar-refractivity contribution >= 4 is 17.7 Å². The van der Waals surface area contributed by atoms with Crippen molar-refractivity contribution in [1.29, 1.82) is 0 Å². The topological polar surface area (TPSA) is 84.7 Å². The molecule has 1 heterocycles. The van der Waals surface area contributed by atoms with Crippen LogP contribution < -0.4 is 11.1 Å². The second-order valence-electron chi connectivity index (χ2n) is 6.97. The summed E-state index contributed by atoms with van der Waals surface area (Å²) in [5, 5.41) is 3.06. The first kappa shape index (κ1) is 18.0. The van der Waals surface area contributed by atoms with Gasteiger partial charge in [0.25, 0.3) is 0 Å². The molecule has 3 N–H and O–H groups in total. The second-order valence-corrected chi connectivity index (χ2v) is 6.97. The number of carbonyl (C=O) groups excluding carboxylic acids is 2. The normalized spacial score (nSPS) is 18.2. The molecule has 1 fully saturated rings. The Morgan fingerprint density at radius 1 is 1.38 bits per heavy atom. The molecule has 1 aromatic rings. The summed E-state index contributed by atoms with van der Waals surface area (Å²) in [6.45, 7) is 6.46. The summed E-state index contributed by atoms with van der Waals surface area (Å²) in [5.74, 6) is -1.08. The van der Waals surface area contributed by atoms with Crippen molar-refractivity contribution in [3.05, 3.63) is 29.6 Å². The van der Waals surface area contributed by atoms with E-state index in [0.717, 1.165) is 12.8 Å². The van der Waals surface area contributed by atoms with Gasteiger partial charge in [-0.25, -0.2) is 9.18 Å². The van der Waals surface area contributed by atoms with Crippen molar-refractivity contribution in [2.24, 2.45) is 5.73 Å². The van der Waals surface area contributed by atoms with Crippen LogP contribution in [0.5, 0.6) is 0 Å². The largest absolute Gasteiger partial charge is 0.444 e. The van der Waals surface area contributed by atoms with E-state index in [9.17, 15) is 14.0 Å². The van der Waals surface area contributed by atoms with Crippen molar-refractivity contribution in [2.45, 2.75) is 45.3 Å². The molecule has 0 spiro atoms. The van der Waals surface area contributed by atoms with Gasteiger partial charge < -0.3 is 20.7 Å². The highest BCUT2D eigenvalue weighted by Crippen LogP contribution is 2.21. The van der Waals surface area contributed by atoms with Crippen molar-refractivity contribution in [3.63, 3.8) is 0 Å². The highest BCUT2D eigenvalue weighted by molar-refractivity contribution is 5.93. The van der Waals surface area contributed by atoms with Crippen LogP contribution in [0.4, 0.5) is 14.9 Å². The van der Waals surface area contributed by atoms with Gasteiger partial charge in [-0.2, -0.15) is 0 Å². The van der Waals surface area contributed by atoms with Crippen LogP contribution in [0.3, 0.4) is 0 Å². The maximum atomic E-state index is 13.9. The zero-order valence-electron chi connectivity index (χ0n) is 14.3. The number of nitrogens with zero attached hydrogens (tertiary/aromatic N) is 1. The summed E-state index contributed by atoms with van der Waals surface area (Å²) in [7, 11) is 0. The Morgan fingerprint density at radius 3 is 2.71 bits per heavy atom. The summed E-state index contributed by atoms with van der Waals surface area (Å²) < 4.78 is 19.3. The molecule has 2 rings (SSSR count). The lowest BCUT2D eigenvalue weighted by atomic mass is 10.1. The van der Waals surface area contributed by atoms with E-state index in [4.69, 9.17) is 10.5 Å². The SMILES string of the molecule is CC(C)(C)OC(=O)N1CCCC(Nc2cc(C(N)=O)ccc2F)C1. The van der Waals surface area contributed by atoms with Gasteiger partial charge in [-0.3, -0.25) is 4.79 Å². The third-order valence-electron chi connectivity index (χ3n) is 3.68.